The van der Waals surface area contributed by atoms with Gasteiger partial charge in [-0.25, -0.2) is 8.42 Å². The van der Waals surface area contributed by atoms with Gasteiger partial charge in [0.1, 0.15) is 0 Å². The number of hydrogen-bond donors (Lipinski definition) is 1. The minimum atomic E-state index is -3.19. The molecule has 2 aromatic carbocycles. The van der Waals surface area contributed by atoms with E-state index in [0.29, 0.717) is 4.90 Å². The van der Waals surface area contributed by atoms with E-state index in [9.17, 15) is 8.42 Å². The summed E-state index contributed by atoms with van der Waals surface area (Å²) in [5.41, 5.74) is 3.30. The monoisotopic (exact) mass is 303 g/mol. The standard InChI is InChI=1S/C17H21NO2S/c1-4-18-17(14-10-8-13(2)9-11-14)15-6-5-7-16(12-15)21(3,19)20/h5-12,17-18H,4H2,1-3H3. The minimum absolute atomic E-state index is 0.00250. The first-order valence-corrected chi connectivity index (χ1v) is 8.91. The van der Waals surface area contributed by atoms with Gasteiger partial charge in [-0.3, -0.25) is 0 Å². The lowest BCUT2D eigenvalue weighted by molar-refractivity contribution is 0.600. The molecule has 112 valence electrons. The van der Waals surface area contributed by atoms with E-state index < -0.39 is 9.84 Å². The molecule has 0 saturated heterocycles. The zero-order valence-electron chi connectivity index (χ0n) is 12.6. The molecular formula is C17H21NO2S. The van der Waals surface area contributed by atoms with Gasteiger partial charge in [0, 0.05) is 6.26 Å². The van der Waals surface area contributed by atoms with Crippen LogP contribution in [0.2, 0.25) is 0 Å². The maximum atomic E-state index is 11.7. The molecule has 2 aromatic rings. The van der Waals surface area contributed by atoms with E-state index in [4.69, 9.17) is 0 Å². The summed E-state index contributed by atoms with van der Waals surface area (Å²) in [4.78, 5) is 0.356. The zero-order chi connectivity index (χ0) is 15.5. The molecule has 0 fully saturated rings. The van der Waals surface area contributed by atoms with Crippen LogP contribution in [0.4, 0.5) is 0 Å². The van der Waals surface area contributed by atoms with Crippen molar-refractivity contribution in [1.82, 2.24) is 5.32 Å². The second-order valence-electron chi connectivity index (χ2n) is 5.25. The van der Waals surface area contributed by atoms with Crippen LogP contribution in [-0.2, 0) is 9.84 Å². The fourth-order valence-corrected chi connectivity index (χ4v) is 2.99. The quantitative estimate of drug-likeness (QED) is 0.923. The van der Waals surface area contributed by atoms with E-state index >= 15 is 0 Å². The lowest BCUT2D eigenvalue weighted by Gasteiger charge is -2.19. The van der Waals surface area contributed by atoms with Crippen LogP contribution in [0, 0.1) is 6.92 Å². The maximum absolute atomic E-state index is 11.7. The van der Waals surface area contributed by atoms with Gasteiger partial charge in [0.25, 0.3) is 0 Å². The van der Waals surface area contributed by atoms with E-state index in [2.05, 4.69) is 36.5 Å². The van der Waals surface area contributed by atoms with E-state index in [1.165, 1.54) is 11.8 Å². The first-order valence-electron chi connectivity index (χ1n) is 7.02. The normalized spacial score (nSPS) is 13.1. The summed E-state index contributed by atoms with van der Waals surface area (Å²) in [6, 6.07) is 15.4. The zero-order valence-corrected chi connectivity index (χ0v) is 13.4. The van der Waals surface area contributed by atoms with Crippen LogP contribution in [0.3, 0.4) is 0 Å². The molecule has 3 nitrogen and oxygen atoms in total. The van der Waals surface area contributed by atoms with Gasteiger partial charge >= 0.3 is 0 Å². The highest BCUT2D eigenvalue weighted by Gasteiger charge is 2.15. The van der Waals surface area contributed by atoms with Gasteiger partial charge < -0.3 is 5.32 Å². The van der Waals surface area contributed by atoms with E-state index in [1.54, 1.807) is 18.2 Å². The predicted molar refractivity (Wildman–Crippen MR) is 86.3 cm³/mol. The SMILES string of the molecule is CCNC(c1ccc(C)cc1)c1cccc(S(C)(=O)=O)c1. The molecule has 0 heterocycles. The molecule has 0 bridgehead atoms. The van der Waals surface area contributed by atoms with Crippen molar-refractivity contribution in [3.05, 3.63) is 65.2 Å². The highest BCUT2D eigenvalue weighted by Crippen LogP contribution is 2.24. The van der Waals surface area contributed by atoms with Gasteiger partial charge in [0.15, 0.2) is 9.84 Å². The molecule has 4 heteroatoms. The van der Waals surface area contributed by atoms with Crippen LogP contribution in [0.5, 0.6) is 0 Å². The van der Waals surface area contributed by atoms with Crippen molar-refractivity contribution in [2.24, 2.45) is 0 Å². The van der Waals surface area contributed by atoms with Crippen molar-refractivity contribution in [2.45, 2.75) is 24.8 Å². The minimum Gasteiger partial charge on any atom is -0.307 e. The Morgan fingerprint density at radius 3 is 2.29 bits per heavy atom. The largest absolute Gasteiger partial charge is 0.307 e. The highest BCUT2D eigenvalue weighted by atomic mass is 32.2. The molecule has 1 N–H and O–H groups in total. The number of rotatable bonds is 5. The lowest BCUT2D eigenvalue weighted by atomic mass is 9.98. The maximum Gasteiger partial charge on any atom is 0.175 e. The number of aryl methyl sites for hydroxylation is 1. The fourth-order valence-electron chi connectivity index (χ4n) is 2.32. The van der Waals surface area contributed by atoms with Gasteiger partial charge in [-0.1, -0.05) is 48.9 Å². The number of sulfone groups is 1. The Kier molecular flexibility index (Phi) is 4.80. The molecule has 0 aromatic heterocycles. The van der Waals surface area contributed by atoms with E-state index in [1.807, 2.05) is 13.0 Å². The number of benzene rings is 2. The van der Waals surface area contributed by atoms with Gasteiger partial charge in [0.2, 0.25) is 0 Å². The van der Waals surface area contributed by atoms with Crippen LogP contribution in [0.1, 0.15) is 29.7 Å². The smallest absolute Gasteiger partial charge is 0.175 e. The summed E-state index contributed by atoms with van der Waals surface area (Å²) in [6.45, 7) is 4.90. The molecule has 21 heavy (non-hydrogen) atoms. The molecule has 1 unspecified atom stereocenters. The van der Waals surface area contributed by atoms with Crippen molar-refractivity contribution in [3.63, 3.8) is 0 Å². The molecule has 0 aliphatic heterocycles. The van der Waals surface area contributed by atoms with Crippen LogP contribution >= 0.6 is 0 Å². The first kappa shape index (κ1) is 15.7. The molecular weight excluding hydrogens is 282 g/mol. The van der Waals surface area contributed by atoms with Crippen molar-refractivity contribution in [1.29, 1.82) is 0 Å². The Bertz CT molecular complexity index is 706. The van der Waals surface area contributed by atoms with Crippen LogP contribution in [0.25, 0.3) is 0 Å². The molecule has 0 amide bonds. The van der Waals surface area contributed by atoms with Gasteiger partial charge in [0.05, 0.1) is 10.9 Å². The Hall–Kier alpha value is -1.65. The lowest BCUT2D eigenvalue weighted by Crippen LogP contribution is -2.22. The third kappa shape index (κ3) is 3.93. The summed E-state index contributed by atoms with van der Waals surface area (Å²) >= 11 is 0. The summed E-state index contributed by atoms with van der Waals surface area (Å²) < 4.78 is 23.5. The van der Waals surface area contributed by atoms with Crippen molar-refractivity contribution in [2.75, 3.05) is 12.8 Å². The van der Waals surface area contributed by atoms with Gasteiger partial charge in [-0.2, -0.15) is 0 Å². The number of nitrogens with one attached hydrogen (secondary N) is 1. The predicted octanol–water partition coefficient (Wildman–Crippen LogP) is 3.10. The van der Waals surface area contributed by atoms with E-state index in [-0.39, 0.29) is 6.04 Å². The Morgan fingerprint density at radius 1 is 1.05 bits per heavy atom. The molecule has 0 radical (unpaired) electrons. The Balaban J connectivity index is 2.45. The molecule has 0 spiro atoms. The molecule has 0 aliphatic carbocycles. The van der Waals surface area contributed by atoms with Crippen LogP contribution in [0.15, 0.2) is 53.4 Å². The van der Waals surface area contributed by atoms with Crippen molar-refractivity contribution in [3.8, 4) is 0 Å². The van der Waals surface area contributed by atoms with Crippen LogP contribution < -0.4 is 5.32 Å². The summed E-state index contributed by atoms with van der Waals surface area (Å²) in [5.74, 6) is 0. The summed E-state index contributed by atoms with van der Waals surface area (Å²) in [7, 11) is -3.19. The fraction of sp³-hybridized carbons (Fsp3) is 0.294. The van der Waals surface area contributed by atoms with Crippen molar-refractivity contribution >= 4 is 9.84 Å². The van der Waals surface area contributed by atoms with Crippen LogP contribution in [-0.4, -0.2) is 21.2 Å². The Labute approximate surface area is 126 Å². The topological polar surface area (TPSA) is 46.2 Å². The van der Waals surface area contributed by atoms with E-state index in [0.717, 1.165) is 17.7 Å². The Morgan fingerprint density at radius 2 is 1.71 bits per heavy atom. The first-order chi connectivity index (χ1) is 9.91. The molecule has 0 saturated carbocycles. The third-order valence-electron chi connectivity index (χ3n) is 3.44. The molecule has 2 rings (SSSR count). The van der Waals surface area contributed by atoms with Crippen molar-refractivity contribution < 1.29 is 8.42 Å². The van der Waals surface area contributed by atoms with Gasteiger partial charge in [-0.15, -0.1) is 0 Å². The second-order valence-corrected chi connectivity index (χ2v) is 7.26. The summed E-state index contributed by atoms with van der Waals surface area (Å²) in [5, 5.41) is 3.42. The van der Waals surface area contributed by atoms with Gasteiger partial charge in [-0.05, 0) is 36.7 Å². The number of hydrogen-bond acceptors (Lipinski definition) is 3. The highest BCUT2D eigenvalue weighted by molar-refractivity contribution is 7.90. The third-order valence-corrected chi connectivity index (χ3v) is 4.55. The second kappa shape index (κ2) is 6.41. The molecule has 0 aliphatic rings. The average molecular weight is 303 g/mol. The summed E-state index contributed by atoms with van der Waals surface area (Å²) in [6.07, 6.45) is 1.24. The average Bonchev–Trinajstić information content (AvgIpc) is 2.45. The molecule has 1 atom stereocenters.